The second kappa shape index (κ2) is 12.2. The lowest BCUT2D eigenvalue weighted by Gasteiger charge is -2.21. The fourth-order valence-electron chi connectivity index (χ4n) is 3.75. The molecule has 0 spiro atoms. The highest BCUT2D eigenvalue weighted by Crippen LogP contribution is 2.30. The van der Waals surface area contributed by atoms with Gasteiger partial charge in [0.25, 0.3) is 5.91 Å². The van der Waals surface area contributed by atoms with E-state index < -0.39 is 23.5 Å². The van der Waals surface area contributed by atoms with E-state index >= 15 is 0 Å². The molecule has 2 aromatic carbocycles. The SMILES string of the molecule is Cc1c(OCC(=O)NCC(=O)N[C@H](C(=O)NCCCO)C(C)C)ccc2c1oc(=O)c1ccccc12. The first-order valence-electron chi connectivity index (χ1n) is 11.8. The number of fused-ring (bicyclic) bond motifs is 3. The first-order valence-corrected chi connectivity index (χ1v) is 11.8. The summed E-state index contributed by atoms with van der Waals surface area (Å²) < 4.78 is 11.1. The number of carbonyl (C=O) groups excluding carboxylic acids is 3. The molecule has 36 heavy (non-hydrogen) atoms. The zero-order chi connectivity index (χ0) is 26.2. The molecule has 1 atom stereocenters. The quantitative estimate of drug-likeness (QED) is 0.178. The average molecular weight is 498 g/mol. The molecule has 0 saturated heterocycles. The summed E-state index contributed by atoms with van der Waals surface area (Å²) in [5.41, 5.74) is 0.504. The number of nitrogens with one attached hydrogen (secondary N) is 3. The van der Waals surface area contributed by atoms with Gasteiger partial charge in [0.2, 0.25) is 11.8 Å². The number of hydrogen-bond donors (Lipinski definition) is 4. The summed E-state index contributed by atoms with van der Waals surface area (Å²) in [5.74, 6) is -1.20. The highest BCUT2D eigenvalue weighted by atomic mass is 16.5. The van der Waals surface area contributed by atoms with E-state index in [2.05, 4.69) is 16.0 Å². The smallest absolute Gasteiger partial charge is 0.344 e. The normalized spacial score (nSPS) is 11.9. The number of hydrogen-bond acceptors (Lipinski definition) is 7. The zero-order valence-electron chi connectivity index (χ0n) is 20.6. The van der Waals surface area contributed by atoms with E-state index in [9.17, 15) is 19.2 Å². The summed E-state index contributed by atoms with van der Waals surface area (Å²) >= 11 is 0. The Morgan fingerprint density at radius 1 is 1.00 bits per heavy atom. The van der Waals surface area contributed by atoms with Crippen LogP contribution in [0.4, 0.5) is 0 Å². The van der Waals surface area contributed by atoms with Gasteiger partial charge in [-0.3, -0.25) is 14.4 Å². The number of ether oxygens (including phenoxy) is 1. The molecule has 4 N–H and O–H groups in total. The van der Waals surface area contributed by atoms with E-state index in [4.69, 9.17) is 14.3 Å². The third-order valence-electron chi connectivity index (χ3n) is 5.69. The van der Waals surface area contributed by atoms with Crippen molar-refractivity contribution in [1.82, 2.24) is 16.0 Å². The fourth-order valence-corrected chi connectivity index (χ4v) is 3.75. The molecule has 10 heteroatoms. The minimum Gasteiger partial charge on any atom is -0.483 e. The Balaban J connectivity index is 1.57. The predicted octanol–water partition coefficient (Wildman–Crippen LogP) is 1.39. The zero-order valence-corrected chi connectivity index (χ0v) is 20.6. The third kappa shape index (κ3) is 6.39. The molecule has 0 fully saturated rings. The van der Waals surface area contributed by atoms with Crippen molar-refractivity contribution in [2.45, 2.75) is 33.2 Å². The van der Waals surface area contributed by atoms with Crippen LogP contribution in [0.15, 0.2) is 45.6 Å². The van der Waals surface area contributed by atoms with Crippen molar-refractivity contribution in [2.75, 3.05) is 26.3 Å². The van der Waals surface area contributed by atoms with Gasteiger partial charge in [-0.25, -0.2) is 4.79 Å². The fraction of sp³-hybridized carbons (Fsp3) is 0.385. The number of rotatable bonds is 11. The monoisotopic (exact) mass is 497 g/mol. The number of aliphatic hydroxyl groups is 1. The van der Waals surface area contributed by atoms with Gasteiger partial charge in [0.1, 0.15) is 17.4 Å². The molecule has 192 valence electrons. The van der Waals surface area contributed by atoms with E-state index in [0.717, 1.165) is 10.8 Å². The van der Waals surface area contributed by atoms with Crippen LogP contribution in [0, 0.1) is 12.8 Å². The maximum absolute atomic E-state index is 12.4. The van der Waals surface area contributed by atoms with Crippen molar-refractivity contribution < 1.29 is 28.6 Å². The standard InChI is InChI=1S/C26H31N3O7/c1-15(2)23(25(33)27-11-6-12-30)29-21(31)13-28-22(32)14-35-20-10-9-18-17-7-4-5-8-19(17)26(34)36-24(18)16(20)3/h4-5,7-10,15,23,30H,6,11-14H2,1-3H3,(H,27,33)(H,28,32)(H,29,31)/t23-/m0/s1. The van der Waals surface area contributed by atoms with Crippen molar-refractivity contribution in [3.8, 4) is 5.75 Å². The number of amides is 3. The summed E-state index contributed by atoms with van der Waals surface area (Å²) in [7, 11) is 0. The minimum atomic E-state index is -0.768. The van der Waals surface area contributed by atoms with Crippen LogP contribution in [-0.4, -0.2) is 55.2 Å². The lowest BCUT2D eigenvalue weighted by Crippen LogP contribution is -2.52. The average Bonchev–Trinajstić information content (AvgIpc) is 2.86. The van der Waals surface area contributed by atoms with Gasteiger partial charge in [0.15, 0.2) is 6.61 Å². The Bertz CT molecular complexity index is 1320. The van der Waals surface area contributed by atoms with Gasteiger partial charge >= 0.3 is 5.63 Å². The second-order valence-corrected chi connectivity index (χ2v) is 8.72. The van der Waals surface area contributed by atoms with E-state index in [1.165, 1.54) is 0 Å². The van der Waals surface area contributed by atoms with Gasteiger partial charge in [-0.2, -0.15) is 0 Å². The van der Waals surface area contributed by atoms with Crippen LogP contribution in [0.2, 0.25) is 0 Å². The van der Waals surface area contributed by atoms with Crippen LogP contribution in [0.5, 0.6) is 5.75 Å². The maximum atomic E-state index is 12.4. The van der Waals surface area contributed by atoms with Crippen LogP contribution in [0.25, 0.3) is 21.7 Å². The predicted molar refractivity (Wildman–Crippen MR) is 135 cm³/mol. The number of aryl methyl sites for hydroxylation is 1. The summed E-state index contributed by atoms with van der Waals surface area (Å²) in [6.45, 7) is 4.89. The molecule has 0 bridgehead atoms. The summed E-state index contributed by atoms with van der Waals surface area (Å²) in [6.07, 6.45) is 0.417. The Kier molecular flexibility index (Phi) is 9.02. The molecule has 3 rings (SSSR count). The molecule has 3 aromatic rings. The van der Waals surface area contributed by atoms with Crippen molar-refractivity contribution in [3.05, 3.63) is 52.4 Å². The van der Waals surface area contributed by atoms with Crippen LogP contribution in [0.1, 0.15) is 25.8 Å². The maximum Gasteiger partial charge on any atom is 0.344 e. The Morgan fingerprint density at radius 2 is 1.72 bits per heavy atom. The first-order chi connectivity index (χ1) is 17.2. The van der Waals surface area contributed by atoms with Crippen molar-refractivity contribution in [1.29, 1.82) is 0 Å². The van der Waals surface area contributed by atoms with E-state index in [-0.39, 0.29) is 31.6 Å². The van der Waals surface area contributed by atoms with Crippen molar-refractivity contribution >= 4 is 39.5 Å². The molecule has 0 aliphatic carbocycles. The molecular weight excluding hydrogens is 466 g/mol. The molecular formula is C26H31N3O7. The van der Waals surface area contributed by atoms with E-state index in [0.29, 0.717) is 35.2 Å². The van der Waals surface area contributed by atoms with Gasteiger partial charge in [-0.15, -0.1) is 0 Å². The number of carbonyl (C=O) groups is 3. The van der Waals surface area contributed by atoms with Crippen molar-refractivity contribution in [3.63, 3.8) is 0 Å². The summed E-state index contributed by atoms with van der Waals surface area (Å²) in [5, 5.41) is 18.6. The first kappa shape index (κ1) is 26.7. The summed E-state index contributed by atoms with van der Waals surface area (Å²) in [4.78, 5) is 49.2. The highest BCUT2D eigenvalue weighted by Gasteiger charge is 2.24. The molecule has 1 aromatic heterocycles. The summed E-state index contributed by atoms with van der Waals surface area (Å²) in [6, 6.07) is 9.86. The van der Waals surface area contributed by atoms with Crippen LogP contribution < -0.4 is 26.3 Å². The Hall–Kier alpha value is -3.92. The van der Waals surface area contributed by atoms with Gasteiger partial charge < -0.3 is 30.2 Å². The lowest BCUT2D eigenvalue weighted by atomic mass is 10.0. The number of aliphatic hydroxyl groups excluding tert-OH is 1. The Morgan fingerprint density at radius 3 is 2.42 bits per heavy atom. The Labute approximate surface area is 208 Å². The molecule has 0 radical (unpaired) electrons. The van der Waals surface area contributed by atoms with Crippen LogP contribution in [0.3, 0.4) is 0 Å². The largest absolute Gasteiger partial charge is 0.483 e. The lowest BCUT2D eigenvalue weighted by molar-refractivity contribution is -0.131. The van der Waals surface area contributed by atoms with Gasteiger partial charge in [-0.05, 0) is 42.8 Å². The number of benzene rings is 2. The van der Waals surface area contributed by atoms with E-state index in [1.54, 1.807) is 45.0 Å². The third-order valence-corrected chi connectivity index (χ3v) is 5.69. The molecule has 0 saturated carbocycles. The van der Waals surface area contributed by atoms with Crippen LogP contribution >= 0.6 is 0 Å². The molecule has 10 nitrogen and oxygen atoms in total. The van der Waals surface area contributed by atoms with Gasteiger partial charge in [0, 0.05) is 24.1 Å². The molecule has 0 unspecified atom stereocenters. The van der Waals surface area contributed by atoms with Crippen LogP contribution in [-0.2, 0) is 14.4 Å². The molecule has 0 aliphatic heterocycles. The molecule has 3 amide bonds. The van der Waals surface area contributed by atoms with Gasteiger partial charge in [-0.1, -0.05) is 32.0 Å². The van der Waals surface area contributed by atoms with Gasteiger partial charge in [0.05, 0.1) is 11.9 Å². The molecule has 1 heterocycles. The minimum absolute atomic E-state index is 0.0445. The highest BCUT2D eigenvalue weighted by molar-refractivity contribution is 6.05. The van der Waals surface area contributed by atoms with Crippen molar-refractivity contribution in [2.24, 2.45) is 5.92 Å². The molecule has 0 aliphatic rings. The second-order valence-electron chi connectivity index (χ2n) is 8.72. The topological polar surface area (TPSA) is 147 Å². The van der Waals surface area contributed by atoms with E-state index in [1.807, 2.05) is 12.1 Å².